The monoisotopic (exact) mass is 457 g/mol. The Labute approximate surface area is 192 Å². The topological polar surface area (TPSA) is 126 Å². The number of nitrogens with zero attached hydrogens (tertiary/aromatic N) is 2. The Morgan fingerprint density at radius 3 is 2.70 bits per heavy atom. The van der Waals surface area contributed by atoms with Gasteiger partial charge in [-0.3, -0.25) is 4.79 Å². The van der Waals surface area contributed by atoms with Gasteiger partial charge < -0.3 is 25.5 Å². The first kappa shape index (κ1) is 20.6. The fourth-order valence-corrected chi connectivity index (χ4v) is 4.70. The lowest BCUT2D eigenvalue weighted by atomic mass is 9.84. The molecule has 0 amide bonds. The van der Waals surface area contributed by atoms with Gasteiger partial charge in [0.1, 0.15) is 28.7 Å². The van der Waals surface area contributed by atoms with E-state index in [-0.39, 0.29) is 17.0 Å². The zero-order chi connectivity index (χ0) is 22.9. The third kappa shape index (κ3) is 3.66. The highest BCUT2D eigenvalue weighted by molar-refractivity contribution is 7.22. The lowest BCUT2D eigenvalue weighted by Gasteiger charge is -2.25. The number of nitrogens with one attached hydrogen (secondary N) is 2. The Hall–Kier alpha value is -4.29. The molecule has 0 spiro atoms. The fraction of sp³-hybridized carbons (Fsp3) is 0.125. The summed E-state index contributed by atoms with van der Waals surface area (Å²) in [4.78, 5) is 20.2. The number of hydrogen-bond acceptors (Lipinski definition) is 8. The lowest BCUT2D eigenvalue weighted by Crippen LogP contribution is -2.27. The van der Waals surface area contributed by atoms with Gasteiger partial charge in [-0.1, -0.05) is 53.8 Å². The van der Waals surface area contributed by atoms with E-state index in [2.05, 4.69) is 21.4 Å². The maximum atomic E-state index is 13.1. The number of aromatic amines is 1. The van der Waals surface area contributed by atoms with E-state index in [1.54, 1.807) is 7.05 Å². The summed E-state index contributed by atoms with van der Waals surface area (Å²) in [5.41, 5.74) is 8.46. The summed E-state index contributed by atoms with van der Waals surface area (Å²) in [5, 5.41) is 13.4. The fourth-order valence-electron chi connectivity index (χ4n) is 3.83. The van der Waals surface area contributed by atoms with Crippen LogP contribution in [0.3, 0.4) is 0 Å². The number of nitrogens with two attached hydrogens (primary N) is 1. The van der Waals surface area contributed by atoms with Crippen molar-refractivity contribution < 1.29 is 9.47 Å². The molecule has 2 aromatic heterocycles. The highest BCUT2D eigenvalue weighted by atomic mass is 32.1. The third-order valence-corrected chi connectivity index (χ3v) is 6.48. The molecule has 0 saturated heterocycles. The number of aromatic nitrogens is 2. The molecular weight excluding hydrogens is 438 g/mol. The van der Waals surface area contributed by atoms with E-state index >= 15 is 0 Å². The molecule has 0 aliphatic carbocycles. The van der Waals surface area contributed by atoms with Crippen molar-refractivity contribution >= 4 is 26.8 Å². The molecule has 0 bridgehead atoms. The molecule has 0 radical (unpaired) electrons. The van der Waals surface area contributed by atoms with E-state index in [4.69, 9.17) is 15.2 Å². The molecule has 5 rings (SSSR count). The maximum Gasteiger partial charge on any atom is 0.257 e. The van der Waals surface area contributed by atoms with Crippen molar-refractivity contribution in [1.82, 2.24) is 9.97 Å². The van der Waals surface area contributed by atoms with E-state index < -0.39 is 5.92 Å². The Kier molecular flexibility index (Phi) is 5.20. The van der Waals surface area contributed by atoms with Gasteiger partial charge in [-0.2, -0.15) is 5.26 Å². The average molecular weight is 458 g/mol. The minimum Gasteiger partial charge on any atom is -0.489 e. The molecule has 9 heteroatoms. The van der Waals surface area contributed by atoms with Gasteiger partial charge in [0.05, 0.1) is 11.5 Å². The normalized spacial score (nSPS) is 15.0. The third-order valence-electron chi connectivity index (χ3n) is 5.41. The molecule has 0 fully saturated rings. The highest BCUT2D eigenvalue weighted by Crippen LogP contribution is 2.45. The number of H-pyrrole nitrogens is 1. The number of fused-ring (bicyclic) bond motifs is 3. The van der Waals surface area contributed by atoms with Gasteiger partial charge in [0.25, 0.3) is 5.56 Å². The summed E-state index contributed by atoms with van der Waals surface area (Å²) < 4.78 is 12.3. The van der Waals surface area contributed by atoms with Gasteiger partial charge in [0.15, 0.2) is 16.5 Å². The minimum atomic E-state index is -0.671. The molecular formula is C24H19N5O3S. The Morgan fingerprint density at radius 1 is 1.24 bits per heavy atom. The second-order valence-electron chi connectivity index (χ2n) is 7.41. The maximum absolute atomic E-state index is 13.1. The average Bonchev–Trinajstić information content (AvgIpc) is 3.26. The molecule has 1 unspecified atom stereocenters. The minimum absolute atomic E-state index is 0.0225. The van der Waals surface area contributed by atoms with Crippen molar-refractivity contribution in [3.05, 3.63) is 93.1 Å². The molecule has 1 aliphatic rings. The van der Waals surface area contributed by atoms with E-state index in [0.717, 1.165) is 11.1 Å². The summed E-state index contributed by atoms with van der Waals surface area (Å²) in [5.74, 6) is 0.315. The molecule has 0 saturated carbocycles. The van der Waals surface area contributed by atoms with E-state index in [1.807, 2.05) is 54.6 Å². The number of thiazole rings is 1. The van der Waals surface area contributed by atoms with Crippen LogP contribution in [0.1, 0.15) is 22.6 Å². The van der Waals surface area contributed by atoms with Crippen molar-refractivity contribution in [2.75, 3.05) is 12.4 Å². The largest absolute Gasteiger partial charge is 0.489 e. The summed E-state index contributed by atoms with van der Waals surface area (Å²) in [7, 11) is 1.75. The van der Waals surface area contributed by atoms with Gasteiger partial charge in [-0.25, -0.2) is 4.98 Å². The van der Waals surface area contributed by atoms with Crippen molar-refractivity contribution in [3.63, 3.8) is 0 Å². The number of nitriles is 1. The van der Waals surface area contributed by atoms with E-state index in [9.17, 15) is 10.1 Å². The molecule has 2 aromatic carbocycles. The van der Waals surface area contributed by atoms with Crippen molar-refractivity contribution in [2.45, 2.75) is 12.5 Å². The van der Waals surface area contributed by atoms with Gasteiger partial charge in [-0.15, -0.1) is 0 Å². The second-order valence-corrected chi connectivity index (χ2v) is 8.41. The number of anilines is 1. The number of rotatable bonds is 5. The van der Waals surface area contributed by atoms with Crippen LogP contribution in [-0.2, 0) is 6.61 Å². The Balaban J connectivity index is 1.55. The van der Waals surface area contributed by atoms with E-state index in [0.29, 0.717) is 39.1 Å². The van der Waals surface area contributed by atoms with Crippen LogP contribution >= 0.6 is 11.3 Å². The highest BCUT2D eigenvalue weighted by Gasteiger charge is 2.35. The summed E-state index contributed by atoms with van der Waals surface area (Å²) >= 11 is 1.34. The molecule has 33 heavy (non-hydrogen) atoms. The van der Waals surface area contributed by atoms with Gasteiger partial charge in [0.2, 0.25) is 5.88 Å². The van der Waals surface area contributed by atoms with Crippen LogP contribution in [0.25, 0.3) is 10.3 Å². The molecule has 1 atom stereocenters. The van der Waals surface area contributed by atoms with Gasteiger partial charge >= 0.3 is 0 Å². The number of benzene rings is 2. The van der Waals surface area contributed by atoms with Gasteiger partial charge in [-0.05, 0) is 23.3 Å². The lowest BCUT2D eigenvalue weighted by molar-refractivity contribution is 0.306. The Morgan fingerprint density at radius 2 is 2.00 bits per heavy atom. The molecule has 164 valence electrons. The predicted octanol–water partition coefficient (Wildman–Crippen LogP) is 3.82. The van der Waals surface area contributed by atoms with E-state index in [1.165, 1.54) is 11.3 Å². The van der Waals surface area contributed by atoms with Crippen LogP contribution in [0, 0.1) is 11.3 Å². The zero-order valence-corrected chi connectivity index (χ0v) is 18.4. The van der Waals surface area contributed by atoms with Crippen LogP contribution in [0.2, 0.25) is 0 Å². The predicted molar refractivity (Wildman–Crippen MR) is 126 cm³/mol. The van der Waals surface area contributed by atoms with Crippen molar-refractivity contribution in [1.29, 1.82) is 5.26 Å². The number of hydrogen-bond donors (Lipinski definition) is 3. The summed E-state index contributed by atoms with van der Waals surface area (Å²) in [6.07, 6.45) is 0. The van der Waals surface area contributed by atoms with Crippen LogP contribution < -0.4 is 26.1 Å². The molecule has 4 N–H and O–H groups in total. The smallest absolute Gasteiger partial charge is 0.257 e. The first-order chi connectivity index (χ1) is 16.1. The zero-order valence-electron chi connectivity index (χ0n) is 17.6. The number of pyridine rings is 1. The van der Waals surface area contributed by atoms with Crippen molar-refractivity contribution in [3.8, 4) is 17.6 Å². The molecule has 8 nitrogen and oxygen atoms in total. The first-order valence-corrected chi connectivity index (χ1v) is 11.0. The second kappa shape index (κ2) is 8.33. The number of ether oxygens (including phenoxy) is 2. The SMILES string of the molecule is CNc1nc2[nH]c(=O)c3c(c2s1)OC(N)=C(C#N)C3c1ccc(OCc2ccccc2)cc1. The van der Waals surface area contributed by atoms with Crippen LogP contribution in [0.4, 0.5) is 5.13 Å². The molecule has 4 aromatic rings. The standard InChI is InChI=1S/C24H19N5O3S/c1-27-24-29-22-20(33-24)19-18(23(30)28-22)17(16(11-25)21(26)32-19)14-7-9-15(10-8-14)31-12-13-5-3-2-4-6-13/h2-10,17H,12,26H2,1H3,(H2,27,28,29,30). The summed E-state index contributed by atoms with van der Waals surface area (Å²) in [6, 6.07) is 19.3. The Bertz CT molecular complexity index is 1470. The van der Waals surface area contributed by atoms with Gasteiger partial charge in [0, 0.05) is 7.05 Å². The molecule has 3 heterocycles. The number of allylic oxidation sites excluding steroid dienone is 1. The first-order valence-electron chi connectivity index (χ1n) is 10.2. The van der Waals surface area contributed by atoms with Crippen molar-refractivity contribution in [2.24, 2.45) is 5.73 Å². The quantitative estimate of drug-likeness (QED) is 0.416. The summed E-state index contributed by atoms with van der Waals surface area (Å²) in [6.45, 7) is 0.438. The van der Waals surface area contributed by atoms with Crippen LogP contribution in [-0.4, -0.2) is 17.0 Å². The van der Waals surface area contributed by atoms with Crippen LogP contribution in [0.15, 0.2) is 70.8 Å². The molecule has 1 aliphatic heterocycles. The van der Waals surface area contributed by atoms with Crippen LogP contribution in [0.5, 0.6) is 11.5 Å².